The van der Waals surface area contributed by atoms with Gasteiger partial charge < -0.3 is 9.52 Å². The van der Waals surface area contributed by atoms with E-state index in [0.717, 1.165) is 0 Å². The van der Waals surface area contributed by atoms with Crippen LogP contribution in [-0.2, 0) is 0 Å². The second kappa shape index (κ2) is 7.67. The maximum absolute atomic E-state index is 11.9. The van der Waals surface area contributed by atoms with Gasteiger partial charge >= 0.3 is 5.97 Å². The third-order valence-electron chi connectivity index (χ3n) is 3.47. The first-order valence-corrected chi connectivity index (χ1v) is 7.93. The maximum Gasteiger partial charge on any atom is 0.335 e. The second-order valence-electron chi connectivity index (χ2n) is 5.30. The molecule has 2 N–H and O–H groups in total. The minimum atomic E-state index is -1.01. The number of carboxylic acids is 1. The topological polar surface area (TPSA) is 91.9 Å². The Labute approximate surface area is 153 Å². The van der Waals surface area contributed by atoms with Crippen molar-refractivity contribution in [3.63, 3.8) is 0 Å². The van der Waals surface area contributed by atoms with Crippen LogP contribution in [0, 0.1) is 0 Å². The van der Waals surface area contributed by atoms with Crippen LogP contribution in [0.4, 0.5) is 0 Å². The van der Waals surface area contributed by atoms with Gasteiger partial charge in [0.1, 0.15) is 11.5 Å². The van der Waals surface area contributed by atoms with Crippen molar-refractivity contribution in [1.29, 1.82) is 0 Å². The lowest BCUT2D eigenvalue weighted by Gasteiger charge is -2.00. The molecule has 0 fully saturated rings. The molecule has 7 heteroatoms. The van der Waals surface area contributed by atoms with E-state index in [0.29, 0.717) is 27.7 Å². The summed E-state index contributed by atoms with van der Waals surface area (Å²) in [5.74, 6) is -0.503. The SMILES string of the molecule is O=C(O)c1cccc(-c2ccc(C=NNC(=O)c3cccc(Cl)c3)o2)c1. The summed E-state index contributed by atoms with van der Waals surface area (Å²) in [5, 5.41) is 13.3. The van der Waals surface area contributed by atoms with Crippen molar-refractivity contribution in [3.8, 4) is 11.3 Å². The second-order valence-corrected chi connectivity index (χ2v) is 5.73. The lowest BCUT2D eigenvalue weighted by molar-refractivity contribution is 0.0696. The van der Waals surface area contributed by atoms with Gasteiger partial charge in [-0.15, -0.1) is 0 Å². The zero-order chi connectivity index (χ0) is 18.5. The fraction of sp³-hybridized carbons (Fsp3) is 0. The molecule has 1 aromatic heterocycles. The summed E-state index contributed by atoms with van der Waals surface area (Å²) in [6, 6.07) is 16.3. The molecule has 0 unspecified atom stereocenters. The van der Waals surface area contributed by atoms with Crippen molar-refractivity contribution in [2.24, 2.45) is 5.10 Å². The number of nitrogens with zero attached hydrogens (tertiary/aromatic N) is 1. The highest BCUT2D eigenvalue weighted by molar-refractivity contribution is 6.30. The fourth-order valence-electron chi connectivity index (χ4n) is 2.23. The largest absolute Gasteiger partial charge is 0.478 e. The first kappa shape index (κ1) is 17.4. The van der Waals surface area contributed by atoms with Crippen LogP contribution in [0.2, 0.25) is 5.02 Å². The number of furan rings is 1. The van der Waals surface area contributed by atoms with Crippen LogP contribution in [0.5, 0.6) is 0 Å². The minimum absolute atomic E-state index is 0.169. The predicted octanol–water partition coefficient (Wildman–Crippen LogP) is 4.06. The smallest absolute Gasteiger partial charge is 0.335 e. The number of carbonyl (C=O) groups excluding carboxylic acids is 1. The van der Waals surface area contributed by atoms with E-state index in [4.69, 9.17) is 21.1 Å². The Kier molecular flexibility index (Phi) is 5.15. The van der Waals surface area contributed by atoms with Gasteiger partial charge in [-0.2, -0.15) is 5.10 Å². The lowest BCUT2D eigenvalue weighted by atomic mass is 10.1. The predicted molar refractivity (Wildman–Crippen MR) is 97.6 cm³/mol. The molecule has 3 rings (SSSR count). The monoisotopic (exact) mass is 368 g/mol. The van der Waals surface area contributed by atoms with Gasteiger partial charge in [0.05, 0.1) is 11.8 Å². The summed E-state index contributed by atoms with van der Waals surface area (Å²) in [4.78, 5) is 23.0. The van der Waals surface area contributed by atoms with E-state index in [1.807, 2.05) is 0 Å². The average Bonchev–Trinajstić information content (AvgIpc) is 3.10. The molecule has 1 amide bonds. The number of hydrogen-bond acceptors (Lipinski definition) is 4. The molecule has 0 saturated carbocycles. The number of carbonyl (C=O) groups is 2. The number of benzene rings is 2. The Hall–Kier alpha value is -3.38. The molecule has 0 aliphatic carbocycles. The van der Waals surface area contributed by atoms with Gasteiger partial charge in [-0.1, -0.05) is 29.8 Å². The highest BCUT2D eigenvalue weighted by Gasteiger charge is 2.08. The number of hydrazone groups is 1. The summed E-state index contributed by atoms with van der Waals surface area (Å²) >= 11 is 5.84. The van der Waals surface area contributed by atoms with E-state index >= 15 is 0 Å². The van der Waals surface area contributed by atoms with Crippen LogP contribution in [0.3, 0.4) is 0 Å². The van der Waals surface area contributed by atoms with Crippen LogP contribution < -0.4 is 5.43 Å². The third kappa shape index (κ3) is 4.17. The van der Waals surface area contributed by atoms with Crippen molar-refractivity contribution in [1.82, 2.24) is 5.43 Å². The Morgan fingerprint density at radius 3 is 2.58 bits per heavy atom. The van der Waals surface area contributed by atoms with Crippen molar-refractivity contribution in [3.05, 3.63) is 82.6 Å². The number of halogens is 1. The van der Waals surface area contributed by atoms with Gasteiger partial charge in [-0.3, -0.25) is 4.79 Å². The highest BCUT2D eigenvalue weighted by atomic mass is 35.5. The van der Waals surface area contributed by atoms with Crippen molar-refractivity contribution < 1.29 is 19.1 Å². The summed E-state index contributed by atoms with van der Waals surface area (Å²) < 4.78 is 5.60. The molecule has 2 aromatic carbocycles. The van der Waals surface area contributed by atoms with Crippen molar-refractivity contribution in [2.45, 2.75) is 0 Å². The Morgan fingerprint density at radius 1 is 1.04 bits per heavy atom. The van der Waals surface area contributed by atoms with Crippen LogP contribution in [0.1, 0.15) is 26.5 Å². The van der Waals surface area contributed by atoms with Gasteiger partial charge in [0, 0.05) is 16.1 Å². The van der Waals surface area contributed by atoms with Crippen LogP contribution >= 0.6 is 11.6 Å². The first-order valence-electron chi connectivity index (χ1n) is 7.55. The summed E-state index contributed by atoms with van der Waals surface area (Å²) in [7, 11) is 0. The molecule has 0 aliphatic heterocycles. The molecule has 0 atom stereocenters. The van der Waals surface area contributed by atoms with Crippen LogP contribution in [0.15, 0.2) is 70.2 Å². The average molecular weight is 369 g/mol. The number of aromatic carboxylic acids is 1. The number of rotatable bonds is 5. The van der Waals surface area contributed by atoms with Gasteiger partial charge in [-0.05, 0) is 42.5 Å². The molecule has 6 nitrogen and oxygen atoms in total. The van der Waals surface area contributed by atoms with E-state index in [2.05, 4.69) is 10.5 Å². The Balaban J connectivity index is 1.68. The molecule has 0 spiro atoms. The Bertz CT molecular complexity index is 994. The number of carboxylic acid groups (broad SMARTS) is 1. The normalized spacial score (nSPS) is 10.8. The molecular weight excluding hydrogens is 356 g/mol. The molecule has 130 valence electrons. The molecular formula is C19H13ClN2O4. The lowest BCUT2D eigenvalue weighted by Crippen LogP contribution is -2.17. The first-order chi connectivity index (χ1) is 12.5. The maximum atomic E-state index is 11.9. The van der Waals surface area contributed by atoms with E-state index in [1.165, 1.54) is 24.4 Å². The summed E-state index contributed by atoms with van der Waals surface area (Å²) in [5.41, 5.74) is 3.57. The van der Waals surface area contributed by atoms with Crippen LogP contribution in [0.25, 0.3) is 11.3 Å². The van der Waals surface area contributed by atoms with E-state index in [1.54, 1.807) is 42.5 Å². The molecule has 0 aliphatic rings. The number of nitrogens with one attached hydrogen (secondary N) is 1. The molecule has 0 radical (unpaired) electrons. The number of hydrogen-bond donors (Lipinski definition) is 2. The van der Waals surface area contributed by atoms with E-state index in [-0.39, 0.29) is 5.56 Å². The standard InChI is InChI=1S/C19H13ClN2O4/c20-15-6-2-4-13(10-15)18(23)22-21-11-16-7-8-17(26-16)12-3-1-5-14(9-12)19(24)25/h1-11H,(H,22,23)(H,24,25). The summed E-state index contributed by atoms with van der Waals surface area (Å²) in [6.07, 6.45) is 1.35. The van der Waals surface area contributed by atoms with E-state index < -0.39 is 11.9 Å². The van der Waals surface area contributed by atoms with E-state index in [9.17, 15) is 9.59 Å². The third-order valence-corrected chi connectivity index (χ3v) is 3.70. The van der Waals surface area contributed by atoms with Gasteiger partial charge in [-0.25, -0.2) is 10.2 Å². The zero-order valence-electron chi connectivity index (χ0n) is 13.3. The molecule has 26 heavy (non-hydrogen) atoms. The van der Waals surface area contributed by atoms with Crippen molar-refractivity contribution in [2.75, 3.05) is 0 Å². The Morgan fingerprint density at radius 2 is 1.81 bits per heavy atom. The molecule has 0 bridgehead atoms. The molecule has 1 heterocycles. The van der Waals surface area contributed by atoms with Gasteiger partial charge in [0.15, 0.2) is 0 Å². The zero-order valence-corrected chi connectivity index (χ0v) is 14.1. The quantitative estimate of drug-likeness (QED) is 0.524. The minimum Gasteiger partial charge on any atom is -0.478 e. The highest BCUT2D eigenvalue weighted by Crippen LogP contribution is 2.22. The van der Waals surface area contributed by atoms with Gasteiger partial charge in [0.2, 0.25) is 0 Å². The van der Waals surface area contributed by atoms with Gasteiger partial charge in [0.25, 0.3) is 5.91 Å². The number of amides is 1. The van der Waals surface area contributed by atoms with Crippen LogP contribution in [-0.4, -0.2) is 23.2 Å². The fourth-order valence-corrected chi connectivity index (χ4v) is 2.42. The van der Waals surface area contributed by atoms with Crippen molar-refractivity contribution >= 4 is 29.7 Å². The molecule has 0 saturated heterocycles. The summed E-state index contributed by atoms with van der Waals surface area (Å²) in [6.45, 7) is 0. The molecule has 3 aromatic rings.